The van der Waals surface area contributed by atoms with Crippen LogP contribution in [0.2, 0.25) is 0 Å². The first-order valence-electron chi connectivity index (χ1n) is 5.82. The van der Waals surface area contributed by atoms with Crippen LogP contribution in [0.1, 0.15) is 27.2 Å². The highest BCUT2D eigenvalue weighted by Crippen LogP contribution is 2.15. The minimum atomic E-state index is -0.424. The van der Waals surface area contributed by atoms with E-state index >= 15 is 0 Å². The Morgan fingerprint density at radius 3 is 2.76 bits per heavy atom. The molecule has 1 heterocycles. The Bertz CT molecular complexity index is 299. The van der Waals surface area contributed by atoms with Gasteiger partial charge in [-0.15, -0.1) is 0 Å². The topological polar surface area (TPSA) is 41.6 Å². The van der Waals surface area contributed by atoms with E-state index in [4.69, 9.17) is 4.74 Å². The summed E-state index contributed by atoms with van der Waals surface area (Å²) in [7, 11) is 0. The minimum absolute atomic E-state index is 0.223. The maximum absolute atomic E-state index is 11.8. The molecule has 1 atom stereocenters. The fraction of sp³-hybridized carbons (Fsp3) is 0.750. The van der Waals surface area contributed by atoms with Crippen LogP contribution in [0, 0.1) is 0 Å². The summed E-state index contributed by atoms with van der Waals surface area (Å²) >= 11 is 3.30. The molecule has 0 radical (unpaired) electrons. The molecular weight excluding hydrogens is 284 g/mol. The molecule has 1 aliphatic rings. The van der Waals surface area contributed by atoms with Crippen molar-refractivity contribution in [2.75, 3.05) is 19.6 Å². The number of likely N-dealkylation sites (tertiary alicyclic amines) is 1. The predicted molar refractivity (Wildman–Crippen MR) is 72.3 cm³/mol. The summed E-state index contributed by atoms with van der Waals surface area (Å²) in [4.78, 5) is 13.5. The lowest BCUT2D eigenvalue weighted by molar-refractivity contribution is 0.0291. The van der Waals surface area contributed by atoms with Crippen LogP contribution in [0.25, 0.3) is 0 Å². The van der Waals surface area contributed by atoms with Crippen molar-refractivity contribution in [3.8, 4) is 0 Å². The fourth-order valence-electron chi connectivity index (χ4n) is 1.67. The second-order valence-electron chi connectivity index (χ2n) is 5.31. The van der Waals surface area contributed by atoms with Crippen LogP contribution in [-0.4, -0.2) is 42.3 Å². The molecule has 0 saturated carbocycles. The smallest absolute Gasteiger partial charge is 0.410 e. The van der Waals surface area contributed by atoms with Gasteiger partial charge in [0.15, 0.2) is 0 Å². The summed E-state index contributed by atoms with van der Waals surface area (Å²) in [6.07, 6.45) is 0.735. The lowest BCUT2D eigenvalue weighted by Gasteiger charge is -2.24. The van der Waals surface area contributed by atoms with E-state index in [1.54, 1.807) is 4.90 Å². The lowest BCUT2D eigenvalue weighted by atomic mass is 10.2. The van der Waals surface area contributed by atoms with E-state index in [0.29, 0.717) is 12.6 Å². The van der Waals surface area contributed by atoms with Gasteiger partial charge in [0, 0.05) is 30.2 Å². The quantitative estimate of drug-likeness (QED) is 0.871. The molecular formula is C12H21BrN2O2. The third-order valence-electron chi connectivity index (χ3n) is 2.42. The van der Waals surface area contributed by atoms with Gasteiger partial charge < -0.3 is 15.0 Å². The number of halogens is 1. The van der Waals surface area contributed by atoms with Crippen LogP contribution in [0.4, 0.5) is 4.79 Å². The molecule has 0 aromatic carbocycles. The average molecular weight is 305 g/mol. The highest BCUT2D eigenvalue weighted by atomic mass is 79.9. The first-order valence-corrected chi connectivity index (χ1v) is 6.62. The van der Waals surface area contributed by atoms with Gasteiger partial charge in [0.25, 0.3) is 0 Å². The average Bonchev–Trinajstić information content (AvgIpc) is 2.60. The van der Waals surface area contributed by atoms with Crippen LogP contribution in [-0.2, 0) is 4.74 Å². The molecule has 1 unspecified atom stereocenters. The molecule has 0 bridgehead atoms. The maximum atomic E-state index is 11.8. The van der Waals surface area contributed by atoms with Gasteiger partial charge in [-0.1, -0.05) is 22.5 Å². The van der Waals surface area contributed by atoms with Crippen LogP contribution in [0.5, 0.6) is 0 Å². The molecule has 0 aromatic heterocycles. The number of nitrogens with one attached hydrogen (secondary N) is 1. The Morgan fingerprint density at radius 2 is 2.24 bits per heavy atom. The van der Waals surface area contributed by atoms with Crippen molar-refractivity contribution >= 4 is 22.0 Å². The molecule has 1 saturated heterocycles. The number of rotatable bonds is 3. The molecule has 1 fully saturated rings. The van der Waals surface area contributed by atoms with Crippen molar-refractivity contribution < 1.29 is 9.53 Å². The highest BCUT2D eigenvalue weighted by Gasteiger charge is 2.29. The summed E-state index contributed by atoms with van der Waals surface area (Å²) in [5.41, 5.74) is -0.424. The Hall–Kier alpha value is -0.550. The summed E-state index contributed by atoms with van der Waals surface area (Å²) in [5.74, 6) is 0. The van der Waals surface area contributed by atoms with Crippen LogP contribution < -0.4 is 5.32 Å². The zero-order chi connectivity index (χ0) is 13.1. The largest absolute Gasteiger partial charge is 0.444 e. The predicted octanol–water partition coefficient (Wildman–Crippen LogP) is 2.49. The first kappa shape index (κ1) is 14.5. The summed E-state index contributed by atoms with van der Waals surface area (Å²) in [6, 6.07) is 0.330. The van der Waals surface area contributed by atoms with Crippen molar-refractivity contribution in [2.45, 2.75) is 38.8 Å². The molecule has 0 aliphatic carbocycles. The molecule has 5 heteroatoms. The van der Waals surface area contributed by atoms with Gasteiger partial charge in [-0.05, 0) is 27.2 Å². The second-order valence-corrected chi connectivity index (χ2v) is 6.43. The highest BCUT2D eigenvalue weighted by molar-refractivity contribution is 9.11. The van der Waals surface area contributed by atoms with E-state index in [1.165, 1.54) is 0 Å². The monoisotopic (exact) mass is 304 g/mol. The van der Waals surface area contributed by atoms with Crippen LogP contribution in [0.3, 0.4) is 0 Å². The van der Waals surface area contributed by atoms with Crippen molar-refractivity contribution in [1.29, 1.82) is 0 Å². The number of carbonyl (C=O) groups excluding carboxylic acids is 1. The second kappa shape index (κ2) is 5.87. The van der Waals surface area contributed by atoms with E-state index in [2.05, 4.69) is 27.8 Å². The van der Waals surface area contributed by atoms with E-state index < -0.39 is 5.60 Å². The molecule has 1 amide bonds. The molecule has 1 rings (SSSR count). The summed E-state index contributed by atoms with van der Waals surface area (Å²) in [5, 5.41) is 3.33. The normalized spacial score (nSPS) is 20.5. The number of hydrogen-bond acceptors (Lipinski definition) is 3. The number of amides is 1. The number of hydrogen-bond donors (Lipinski definition) is 1. The van der Waals surface area contributed by atoms with Crippen molar-refractivity contribution in [3.63, 3.8) is 0 Å². The van der Waals surface area contributed by atoms with Crippen molar-refractivity contribution in [2.24, 2.45) is 0 Å². The fourth-order valence-corrected chi connectivity index (χ4v) is 1.84. The molecule has 17 heavy (non-hydrogen) atoms. The standard InChI is InChI=1S/C12H21BrN2O2/c1-9(13)7-14-10-5-6-15(8-10)11(16)17-12(2,3)4/h10,14H,1,5-8H2,2-4H3. The van der Waals surface area contributed by atoms with Gasteiger partial charge in [-0.25, -0.2) is 4.79 Å². The van der Waals surface area contributed by atoms with E-state index in [0.717, 1.165) is 24.0 Å². The van der Waals surface area contributed by atoms with Gasteiger partial charge in [0.1, 0.15) is 5.60 Å². The van der Waals surface area contributed by atoms with Crippen LogP contribution >= 0.6 is 15.9 Å². The van der Waals surface area contributed by atoms with E-state index in [-0.39, 0.29) is 6.09 Å². The van der Waals surface area contributed by atoms with Crippen molar-refractivity contribution in [1.82, 2.24) is 10.2 Å². The lowest BCUT2D eigenvalue weighted by Crippen LogP contribution is -2.38. The summed E-state index contributed by atoms with van der Waals surface area (Å²) < 4.78 is 6.25. The summed E-state index contributed by atoms with van der Waals surface area (Å²) in [6.45, 7) is 11.6. The number of ether oxygens (including phenoxy) is 1. The zero-order valence-electron chi connectivity index (χ0n) is 10.8. The molecule has 4 nitrogen and oxygen atoms in total. The molecule has 0 aromatic rings. The third kappa shape index (κ3) is 5.55. The molecule has 98 valence electrons. The first-order chi connectivity index (χ1) is 7.78. The zero-order valence-corrected chi connectivity index (χ0v) is 12.3. The van der Waals surface area contributed by atoms with Gasteiger partial charge in [0.2, 0.25) is 0 Å². The van der Waals surface area contributed by atoms with Gasteiger partial charge in [-0.2, -0.15) is 0 Å². The molecule has 0 spiro atoms. The van der Waals surface area contributed by atoms with E-state index in [9.17, 15) is 4.79 Å². The Kier molecular flexibility index (Phi) is 5.01. The van der Waals surface area contributed by atoms with E-state index in [1.807, 2.05) is 20.8 Å². The molecule has 1 N–H and O–H groups in total. The SMILES string of the molecule is C=C(Br)CNC1CCN(C(=O)OC(C)(C)C)C1. The Morgan fingerprint density at radius 1 is 1.59 bits per heavy atom. The molecule has 1 aliphatic heterocycles. The Balaban J connectivity index is 2.34. The van der Waals surface area contributed by atoms with Gasteiger partial charge in [0.05, 0.1) is 0 Å². The van der Waals surface area contributed by atoms with Gasteiger partial charge in [-0.3, -0.25) is 0 Å². The van der Waals surface area contributed by atoms with Crippen molar-refractivity contribution in [3.05, 3.63) is 11.1 Å². The third-order valence-corrected chi connectivity index (χ3v) is 2.70. The minimum Gasteiger partial charge on any atom is -0.444 e. The maximum Gasteiger partial charge on any atom is 0.410 e. The Labute approximate surface area is 112 Å². The number of carbonyl (C=O) groups is 1. The van der Waals surface area contributed by atoms with Crippen LogP contribution in [0.15, 0.2) is 11.1 Å². The van der Waals surface area contributed by atoms with Gasteiger partial charge >= 0.3 is 6.09 Å². The number of nitrogens with zero attached hydrogens (tertiary/aromatic N) is 1.